The zero-order chi connectivity index (χ0) is 14.7. The van der Waals surface area contributed by atoms with Crippen LogP contribution in [-0.4, -0.2) is 27.7 Å². The maximum Gasteiger partial charge on any atom is 0.311 e. The highest BCUT2D eigenvalue weighted by molar-refractivity contribution is 6.06. The Labute approximate surface area is 114 Å². The van der Waals surface area contributed by atoms with Crippen molar-refractivity contribution in [1.82, 2.24) is 9.78 Å². The molecule has 1 amide bonds. The standard InChI is InChI=1S/C12H12N4O4/c1-15-7-6-10(14-15)13-12(17)8-4-3-5-9(16(18)19)11(8)20-2/h3-7H,1-2H3,(H,13,14,17). The van der Waals surface area contributed by atoms with E-state index in [-0.39, 0.29) is 17.0 Å². The Morgan fingerprint density at radius 3 is 2.75 bits per heavy atom. The predicted octanol–water partition coefficient (Wildman–Crippen LogP) is 1.59. The van der Waals surface area contributed by atoms with Crippen molar-refractivity contribution in [3.05, 3.63) is 46.1 Å². The lowest BCUT2D eigenvalue weighted by atomic mass is 10.1. The Hall–Kier alpha value is -2.90. The number of rotatable bonds is 4. The van der Waals surface area contributed by atoms with Gasteiger partial charge in [-0.15, -0.1) is 0 Å². The fourth-order valence-corrected chi connectivity index (χ4v) is 1.73. The summed E-state index contributed by atoms with van der Waals surface area (Å²) in [6, 6.07) is 5.76. The van der Waals surface area contributed by atoms with Gasteiger partial charge < -0.3 is 10.1 Å². The number of nitrogens with zero attached hydrogens (tertiary/aromatic N) is 3. The molecule has 0 spiro atoms. The molecule has 0 bridgehead atoms. The lowest BCUT2D eigenvalue weighted by molar-refractivity contribution is -0.385. The van der Waals surface area contributed by atoms with E-state index < -0.39 is 10.8 Å². The predicted molar refractivity (Wildman–Crippen MR) is 70.8 cm³/mol. The first kappa shape index (κ1) is 13.5. The lowest BCUT2D eigenvalue weighted by Gasteiger charge is -2.08. The molecule has 2 aromatic rings. The van der Waals surface area contributed by atoms with Crippen LogP contribution < -0.4 is 10.1 Å². The van der Waals surface area contributed by atoms with Gasteiger partial charge >= 0.3 is 5.69 Å². The molecule has 0 aliphatic heterocycles. The lowest BCUT2D eigenvalue weighted by Crippen LogP contribution is -2.14. The molecule has 0 saturated carbocycles. The van der Waals surface area contributed by atoms with Crippen LogP contribution in [0.25, 0.3) is 0 Å². The van der Waals surface area contributed by atoms with Gasteiger partial charge in [-0.3, -0.25) is 19.6 Å². The van der Waals surface area contributed by atoms with Gasteiger partial charge in [0.1, 0.15) is 0 Å². The molecule has 0 atom stereocenters. The minimum Gasteiger partial charge on any atom is -0.490 e. The number of benzene rings is 1. The molecule has 8 heteroatoms. The Morgan fingerprint density at radius 1 is 1.45 bits per heavy atom. The minimum atomic E-state index is -0.601. The Balaban J connectivity index is 2.34. The van der Waals surface area contributed by atoms with Gasteiger partial charge in [-0.25, -0.2) is 0 Å². The van der Waals surface area contributed by atoms with Crippen molar-refractivity contribution in [3.63, 3.8) is 0 Å². The Kier molecular flexibility index (Phi) is 3.65. The number of nitro groups is 1. The number of carbonyl (C=O) groups is 1. The summed E-state index contributed by atoms with van der Waals surface area (Å²) in [5, 5.41) is 17.4. The van der Waals surface area contributed by atoms with Crippen LogP contribution in [0.4, 0.5) is 11.5 Å². The summed E-state index contributed by atoms with van der Waals surface area (Å²) in [5.74, 6) is -0.249. The number of para-hydroxylation sites is 1. The summed E-state index contributed by atoms with van der Waals surface area (Å²) < 4.78 is 6.50. The topological polar surface area (TPSA) is 99.3 Å². The van der Waals surface area contributed by atoms with Crippen molar-refractivity contribution in [2.24, 2.45) is 7.05 Å². The summed E-state index contributed by atoms with van der Waals surface area (Å²) in [6.45, 7) is 0. The highest BCUT2D eigenvalue weighted by atomic mass is 16.6. The number of nitrogens with one attached hydrogen (secondary N) is 1. The van der Waals surface area contributed by atoms with Gasteiger partial charge in [-0.1, -0.05) is 6.07 Å². The van der Waals surface area contributed by atoms with Crippen molar-refractivity contribution in [3.8, 4) is 5.75 Å². The fraction of sp³-hybridized carbons (Fsp3) is 0.167. The Morgan fingerprint density at radius 2 is 2.20 bits per heavy atom. The second-order valence-electron chi connectivity index (χ2n) is 3.94. The number of carbonyl (C=O) groups excluding carboxylic acids is 1. The molecule has 2 rings (SSSR count). The van der Waals surface area contributed by atoms with Crippen LogP contribution in [0, 0.1) is 10.1 Å². The number of amides is 1. The molecule has 0 saturated heterocycles. The van der Waals surface area contributed by atoms with Crippen LogP contribution in [0.1, 0.15) is 10.4 Å². The molecule has 0 radical (unpaired) electrons. The molecule has 8 nitrogen and oxygen atoms in total. The van der Waals surface area contributed by atoms with E-state index in [1.54, 1.807) is 19.3 Å². The normalized spacial score (nSPS) is 10.1. The molecule has 1 aromatic carbocycles. The number of aromatic nitrogens is 2. The van der Waals surface area contributed by atoms with Gasteiger partial charge in [0.25, 0.3) is 5.91 Å². The van der Waals surface area contributed by atoms with E-state index in [0.29, 0.717) is 5.82 Å². The number of hydrogen-bond acceptors (Lipinski definition) is 5. The third-order valence-electron chi connectivity index (χ3n) is 2.59. The SMILES string of the molecule is COc1c(C(=O)Nc2ccn(C)n2)cccc1[N+](=O)[O-]. The van der Waals surface area contributed by atoms with E-state index in [9.17, 15) is 14.9 Å². The van der Waals surface area contributed by atoms with Crippen molar-refractivity contribution in [2.75, 3.05) is 12.4 Å². The average Bonchev–Trinajstić information content (AvgIpc) is 2.82. The molecule has 1 aromatic heterocycles. The maximum atomic E-state index is 12.1. The first-order valence-electron chi connectivity index (χ1n) is 5.65. The van der Waals surface area contributed by atoms with Crippen molar-refractivity contribution < 1.29 is 14.5 Å². The first-order valence-corrected chi connectivity index (χ1v) is 5.65. The van der Waals surface area contributed by atoms with Crippen LogP contribution in [0.15, 0.2) is 30.5 Å². The molecule has 20 heavy (non-hydrogen) atoms. The van der Waals surface area contributed by atoms with Crippen LogP contribution in [0.2, 0.25) is 0 Å². The summed E-state index contributed by atoms with van der Waals surface area (Å²) in [5.41, 5.74) is -0.187. The minimum absolute atomic E-state index is 0.0763. The third kappa shape index (κ3) is 2.58. The van der Waals surface area contributed by atoms with Crippen LogP contribution in [0.3, 0.4) is 0 Å². The molecule has 104 valence electrons. The highest BCUT2D eigenvalue weighted by Crippen LogP contribution is 2.30. The molecule has 0 aliphatic carbocycles. The number of ether oxygens (including phenoxy) is 1. The maximum absolute atomic E-state index is 12.1. The van der Waals surface area contributed by atoms with Gasteiger partial charge in [0.2, 0.25) is 5.75 Å². The highest BCUT2D eigenvalue weighted by Gasteiger charge is 2.22. The van der Waals surface area contributed by atoms with Crippen LogP contribution in [-0.2, 0) is 7.05 Å². The zero-order valence-electron chi connectivity index (χ0n) is 10.9. The van der Waals surface area contributed by atoms with E-state index in [1.165, 1.54) is 30.0 Å². The smallest absolute Gasteiger partial charge is 0.311 e. The average molecular weight is 276 g/mol. The molecule has 1 N–H and O–H groups in total. The number of aryl methyl sites for hydroxylation is 1. The molecule has 0 aliphatic rings. The van der Waals surface area contributed by atoms with Crippen molar-refractivity contribution >= 4 is 17.4 Å². The van der Waals surface area contributed by atoms with E-state index >= 15 is 0 Å². The van der Waals surface area contributed by atoms with Gasteiger partial charge in [0.05, 0.1) is 17.6 Å². The number of methoxy groups -OCH3 is 1. The molecule has 0 fully saturated rings. The van der Waals surface area contributed by atoms with Crippen LogP contribution >= 0.6 is 0 Å². The van der Waals surface area contributed by atoms with E-state index in [0.717, 1.165) is 0 Å². The quantitative estimate of drug-likeness (QED) is 0.675. The molecular formula is C12H12N4O4. The first-order chi connectivity index (χ1) is 9.52. The zero-order valence-corrected chi connectivity index (χ0v) is 10.9. The van der Waals surface area contributed by atoms with Gasteiger partial charge in [-0.05, 0) is 6.07 Å². The summed E-state index contributed by atoms with van der Waals surface area (Å²) >= 11 is 0. The van der Waals surface area contributed by atoms with Gasteiger partial charge in [-0.2, -0.15) is 5.10 Å². The Bertz CT molecular complexity index is 665. The van der Waals surface area contributed by atoms with Crippen LogP contribution in [0.5, 0.6) is 5.75 Å². The molecule has 1 heterocycles. The third-order valence-corrected chi connectivity index (χ3v) is 2.59. The number of hydrogen-bond donors (Lipinski definition) is 1. The summed E-state index contributed by atoms with van der Waals surface area (Å²) in [4.78, 5) is 22.4. The second-order valence-corrected chi connectivity index (χ2v) is 3.94. The number of anilines is 1. The summed E-state index contributed by atoms with van der Waals surface area (Å²) in [7, 11) is 2.99. The summed E-state index contributed by atoms with van der Waals surface area (Å²) in [6.07, 6.45) is 1.67. The monoisotopic (exact) mass is 276 g/mol. The van der Waals surface area contributed by atoms with E-state index in [1.807, 2.05) is 0 Å². The second kappa shape index (κ2) is 5.39. The number of nitro benzene ring substituents is 1. The van der Waals surface area contributed by atoms with Gasteiger partial charge in [0.15, 0.2) is 5.82 Å². The van der Waals surface area contributed by atoms with Gasteiger partial charge in [0, 0.05) is 25.4 Å². The van der Waals surface area contributed by atoms with E-state index in [4.69, 9.17) is 4.74 Å². The fourth-order valence-electron chi connectivity index (χ4n) is 1.73. The van der Waals surface area contributed by atoms with E-state index in [2.05, 4.69) is 10.4 Å². The largest absolute Gasteiger partial charge is 0.490 e. The molecule has 0 unspecified atom stereocenters. The molecular weight excluding hydrogens is 264 g/mol. The van der Waals surface area contributed by atoms with Crippen molar-refractivity contribution in [1.29, 1.82) is 0 Å². The van der Waals surface area contributed by atoms with Crippen molar-refractivity contribution in [2.45, 2.75) is 0 Å².